The highest BCUT2D eigenvalue weighted by atomic mass is 19.1. The predicted octanol–water partition coefficient (Wildman–Crippen LogP) is 2.86. The minimum atomic E-state index is -0.916. The topological polar surface area (TPSA) is 49.3 Å². The summed E-state index contributed by atoms with van der Waals surface area (Å²) in [5.74, 6) is -1.15. The quantitative estimate of drug-likeness (QED) is 0.796. The van der Waals surface area contributed by atoms with E-state index in [-0.39, 0.29) is 5.82 Å². The zero-order valence-electron chi connectivity index (χ0n) is 11.0. The summed E-state index contributed by atoms with van der Waals surface area (Å²) in [6, 6.07) is 13.3. The van der Waals surface area contributed by atoms with Crippen LogP contribution >= 0.6 is 0 Å². The Hall–Kier alpha value is -2.20. The number of halogens is 1. The van der Waals surface area contributed by atoms with Crippen molar-refractivity contribution in [1.82, 2.24) is 5.32 Å². The molecule has 0 heterocycles. The highest BCUT2D eigenvalue weighted by molar-refractivity contribution is 5.89. The molecule has 0 saturated heterocycles. The Morgan fingerprint density at radius 1 is 1.10 bits per heavy atom. The monoisotopic (exact) mass is 273 g/mol. The molecule has 0 amide bonds. The number of carboxylic acid groups (broad SMARTS) is 1. The Morgan fingerprint density at radius 2 is 1.80 bits per heavy atom. The molecule has 0 spiro atoms. The average Bonchev–Trinajstić information content (AvgIpc) is 2.46. The number of hydrogen-bond donors (Lipinski definition) is 2. The van der Waals surface area contributed by atoms with Crippen LogP contribution in [-0.2, 0) is 13.0 Å². The van der Waals surface area contributed by atoms with Crippen molar-refractivity contribution < 1.29 is 14.3 Å². The number of benzene rings is 2. The van der Waals surface area contributed by atoms with Gasteiger partial charge in [-0.1, -0.05) is 30.3 Å². The zero-order chi connectivity index (χ0) is 14.4. The van der Waals surface area contributed by atoms with Crippen LogP contribution in [0.3, 0.4) is 0 Å². The van der Waals surface area contributed by atoms with E-state index >= 15 is 0 Å². The fraction of sp³-hybridized carbons (Fsp3) is 0.188. The van der Waals surface area contributed by atoms with Gasteiger partial charge in [0, 0.05) is 6.54 Å². The molecular weight excluding hydrogens is 257 g/mol. The van der Waals surface area contributed by atoms with Gasteiger partial charge in [-0.3, -0.25) is 0 Å². The van der Waals surface area contributed by atoms with Gasteiger partial charge < -0.3 is 10.4 Å². The van der Waals surface area contributed by atoms with E-state index in [4.69, 9.17) is 5.11 Å². The number of aromatic carboxylic acids is 1. The van der Waals surface area contributed by atoms with E-state index < -0.39 is 5.97 Å². The van der Waals surface area contributed by atoms with Gasteiger partial charge in [0.2, 0.25) is 0 Å². The van der Waals surface area contributed by atoms with Gasteiger partial charge in [0.05, 0.1) is 5.56 Å². The largest absolute Gasteiger partial charge is 0.478 e. The van der Waals surface area contributed by atoms with Gasteiger partial charge in [0.15, 0.2) is 0 Å². The van der Waals surface area contributed by atoms with Crippen molar-refractivity contribution in [2.24, 2.45) is 0 Å². The van der Waals surface area contributed by atoms with Crippen LogP contribution in [0.5, 0.6) is 0 Å². The van der Waals surface area contributed by atoms with Crippen molar-refractivity contribution in [3.63, 3.8) is 0 Å². The Kier molecular flexibility index (Phi) is 4.85. The molecule has 2 aromatic carbocycles. The molecule has 0 aliphatic carbocycles. The molecule has 0 atom stereocenters. The average molecular weight is 273 g/mol. The van der Waals surface area contributed by atoms with Gasteiger partial charge in [-0.15, -0.1) is 0 Å². The third-order valence-electron chi connectivity index (χ3n) is 3.07. The van der Waals surface area contributed by atoms with Crippen LogP contribution in [0.25, 0.3) is 0 Å². The SMILES string of the molecule is O=C(O)c1ccccc1CNCCc1ccc(F)cc1. The fourth-order valence-electron chi connectivity index (χ4n) is 1.99. The first-order valence-electron chi connectivity index (χ1n) is 6.43. The Bertz CT molecular complexity index is 581. The van der Waals surface area contributed by atoms with E-state index in [0.717, 1.165) is 17.5 Å². The van der Waals surface area contributed by atoms with E-state index in [1.807, 2.05) is 6.07 Å². The summed E-state index contributed by atoms with van der Waals surface area (Å²) in [6.45, 7) is 1.21. The van der Waals surface area contributed by atoms with E-state index in [1.54, 1.807) is 30.3 Å². The van der Waals surface area contributed by atoms with Crippen molar-refractivity contribution in [2.75, 3.05) is 6.54 Å². The predicted molar refractivity (Wildman–Crippen MR) is 75.2 cm³/mol. The number of hydrogen-bond acceptors (Lipinski definition) is 2. The van der Waals surface area contributed by atoms with Crippen LogP contribution in [0, 0.1) is 5.82 Å². The number of nitrogens with one attached hydrogen (secondary N) is 1. The molecule has 3 nitrogen and oxygen atoms in total. The summed E-state index contributed by atoms with van der Waals surface area (Å²) >= 11 is 0. The molecule has 2 N–H and O–H groups in total. The van der Waals surface area contributed by atoms with Gasteiger partial charge in [0.1, 0.15) is 5.82 Å². The van der Waals surface area contributed by atoms with Crippen LogP contribution < -0.4 is 5.32 Å². The molecule has 0 aromatic heterocycles. The summed E-state index contributed by atoms with van der Waals surface area (Å²) in [7, 11) is 0. The van der Waals surface area contributed by atoms with E-state index in [1.165, 1.54) is 12.1 Å². The lowest BCUT2D eigenvalue weighted by atomic mass is 10.1. The molecule has 104 valence electrons. The van der Waals surface area contributed by atoms with Crippen LogP contribution in [0.4, 0.5) is 4.39 Å². The molecule has 0 aliphatic rings. The zero-order valence-corrected chi connectivity index (χ0v) is 11.0. The minimum Gasteiger partial charge on any atom is -0.478 e. The number of carboxylic acids is 1. The minimum absolute atomic E-state index is 0.239. The summed E-state index contributed by atoms with van der Waals surface area (Å²) in [5, 5.41) is 12.3. The second-order valence-corrected chi connectivity index (χ2v) is 4.52. The highest BCUT2D eigenvalue weighted by Gasteiger charge is 2.07. The maximum Gasteiger partial charge on any atom is 0.336 e. The van der Waals surface area contributed by atoms with Crippen molar-refractivity contribution in [3.05, 3.63) is 71.0 Å². The van der Waals surface area contributed by atoms with Gasteiger partial charge in [0.25, 0.3) is 0 Å². The second-order valence-electron chi connectivity index (χ2n) is 4.52. The molecule has 0 radical (unpaired) electrons. The van der Waals surface area contributed by atoms with E-state index in [2.05, 4.69) is 5.32 Å². The maximum atomic E-state index is 12.7. The standard InChI is InChI=1S/C16H16FNO2/c17-14-7-5-12(6-8-14)9-10-18-11-13-3-1-2-4-15(13)16(19)20/h1-8,18H,9-11H2,(H,19,20). The van der Waals surface area contributed by atoms with Crippen molar-refractivity contribution in [1.29, 1.82) is 0 Å². The van der Waals surface area contributed by atoms with Gasteiger partial charge in [-0.05, 0) is 42.3 Å². The third-order valence-corrected chi connectivity index (χ3v) is 3.07. The number of carbonyl (C=O) groups is 1. The molecule has 2 aromatic rings. The van der Waals surface area contributed by atoms with Crippen molar-refractivity contribution in [2.45, 2.75) is 13.0 Å². The Balaban J connectivity index is 1.84. The number of rotatable bonds is 6. The molecule has 0 unspecified atom stereocenters. The summed E-state index contributed by atoms with van der Waals surface area (Å²) < 4.78 is 12.7. The third kappa shape index (κ3) is 3.90. The van der Waals surface area contributed by atoms with E-state index in [0.29, 0.717) is 18.7 Å². The van der Waals surface area contributed by atoms with Crippen LogP contribution in [0.1, 0.15) is 21.5 Å². The second kappa shape index (κ2) is 6.82. The van der Waals surface area contributed by atoms with Crippen molar-refractivity contribution >= 4 is 5.97 Å². The molecule has 2 rings (SSSR count). The molecule has 4 heteroatoms. The van der Waals surface area contributed by atoms with Crippen LogP contribution in [0.15, 0.2) is 48.5 Å². The lowest BCUT2D eigenvalue weighted by molar-refractivity contribution is 0.0695. The van der Waals surface area contributed by atoms with Gasteiger partial charge in [-0.25, -0.2) is 9.18 Å². The molecule has 0 bridgehead atoms. The van der Waals surface area contributed by atoms with E-state index in [9.17, 15) is 9.18 Å². The molecule has 0 saturated carbocycles. The van der Waals surface area contributed by atoms with Crippen molar-refractivity contribution in [3.8, 4) is 0 Å². The van der Waals surface area contributed by atoms with Crippen LogP contribution in [0.2, 0.25) is 0 Å². The first-order chi connectivity index (χ1) is 9.66. The smallest absolute Gasteiger partial charge is 0.336 e. The highest BCUT2D eigenvalue weighted by Crippen LogP contribution is 2.08. The maximum absolute atomic E-state index is 12.7. The fourth-order valence-corrected chi connectivity index (χ4v) is 1.99. The summed E-state index contributed by atoms with van der Waals surface area (Å²) in [5.41, 5.74) is 2.13. The lowest BCUT2D eigenvalue weighted by Crippen LogP contribution is -2.18. The molecule has 0 aliphatic heterocycles. The molecular formula is C16H16FNO2. The summed E-state index contributed by atoms with van der Waals surface area (Å²) in [4.78, 5) is 11.0. The lowest BCUT2D eigenvalue weighted by Gasteiger charge is -2.08. The van der Waals surface area contributed by atoms with Gasteiger partial charge in [-0.2, -0.15) is 0 Å². The first-order valence-corrected chi connectivity index (χ1v) is 6.43. The molecule has 0 fully saturated rings. The Labute approximate surface area is 117 Å². The normalized spacial score (nSPS) is 10.4. The first kappa shape index (κ1) is 14.2. The Morgan fingerprint density at radius 3 is 2.50 bits per heavy atom. The molecule has 20 heavy (non-hydrogen) atoms. The van der Waals surface area contributed by atoms with Gasteiger partial charge >= 0.3 is 5.97 Å². The summed E-state index contributed by atoms with van der Waals surface area (Å²) in [6.07, 6.45) is 0.773. The van der Waals surface area contributed by atoms with Crippen LogP contribution in [-0.4, -0.2) is 17.6 Å².